The quantitative estimate of drug-likeness (QED) is 0.731. The van der Waals surface area contributed by atoms with Gasteiger partial charge in [0.15, 0.2) is 0 Å². The third kappa shape index (κ3) is 3.61. The second-order valence-electron chi connectivity index (χ2n) is 7.52. The Morgan fingerprint density at radius 1 is 1.17 bits per heavy atom. The number of carbonyl (C=O) groups is 1. The molecule has 2 aliphatic heterocycles. The molecule has 1 amide bonds. The summed E-state index contributed by atoms with van der Waals surface area (Å²) in [5, 5.41) is 0. The number of nitrogens with zero attached hydrogens (tertiary/aromatic N) is 4. The first kappa shape index (κ1) is 20.1. The van der Waals surface area contributed by atoms with E-state index in [2.05, 4.69) is 4.98 Å². The van der Waals surface area contributed by atoms with Gasteiger partial charge in [-0.1, -0.05) is 6.07 Å². The molecule has 158 valence electrons. The topological polar surface area (TPSA) is 75.0 Å². The summed E-state index contributed by atoms with van der Waals surface area (Å²) in [4.78, 5) is 18.7. The highest BCUT2D eigenvalue weighted by molar-refractivity contribution is 7.90. The summed E-state index contributed by atoms with van der Waals surface area (Å²) in [5.41, 5.74) is -2.98. The molecule has 0 atom stereocenters. The molecule has 2 aromatic rings. The van der Waals surface area contributed by atoms with Gasteiger partial charge in [0, 0.05) is 25.3 Å². The fraction of sp³-hybridized carbons (Fsp3) is 0.556. The normalized spacial score (nSPS) is 19.3. The van der Waals surface area contributed by atoms with Crippen LogP contribution in [-0.2, 0) is 16.6 Å². The number of halogens is 3. The standard InChI is InChI=1S/C18H21F3N4O3S/c19-18(20,21)29(27,28)24-9-6-13(7-10-24)3-2-8-23-12-14-4-1-5-16-22-11-15(17(23)26)25(14)16/h1,4-5,11,13H,2-3,6-10,12H2. The van der Waals surface area contributed by atoms with Gasteiger partial charge >= 0.3 is 15.5 Å². The van der Waals surface area contributed by atoms with Crippen LogP contribution < -0.4 is 0 Å². The summed E-state index contributed by atoms with van der Waals surface area (Å²) in [6.45, 7) is 0.802. The van der Waals surface area contributed by atoms with Gasteiger partial charge in [0.2, 0.25) is 0 Å². The molecule has 11 heteroatoms. The van der Waals surface area contributed by atoms with Gasteiger partial charge < -0.3 is 4.90 Å². The van der Waals surface area contributed by atoms with E-state index in [0.29, 0.717) is 42.4 Å². The Balaban J connectivity index is 1.29. The highest BCUT2D eigenvalue weighted by Crippen LogP contribution is 2.31. The number of hydrogen-bond donors (Lipinski definition) is 0. The van der Waals surface area contributed by atoms with E-state index in [1.165, 1.54) is 0 Å². The van der Waals surface area contributed by atoms with Crippen LogP contribution >= 0.6 is 0 Å². The van der Waals surface area contributed by atoms with E-state index in [1.807, 2.05) is 22.6 Å². The van der Waals surface area contributed by atoms with E-state index in [1.54, 1.807) is 11.1 Å². The van der Waals surface area contributed by atoms with E-state index < -0.39 is 15.5 Å². The van der Waals surface area contributed by atoms with Crippen LogP contribution in [0.25, 0.3) is 5.65 Å². The fourth-order valence-corrected chi connectivity index (χ4v) is 5.13. The van der Waals surface area contributed by atoms with Crippen LogP contribution in [-0.4, -0.2) is 58.1 Å². The van der Waals surface area contributed by atoms with Crippen molar-refractivity contribution < 1.29 is 26.4 Å². The SMILES string of the molecule is O=C1c2cnc3cccc(n23)CN1CCCC1CCN(S(=O)(=O)C(F)(F)F)CC1. The van der Waals surface area contributed by atoms with Crippen molar-refractivity contribution in [2.24, 2.45) is 5.92 Å². The molecule has 0 radical (unpaired) electrons. The summed E-state index contributed by atoms with van der Waals surface area (Å²) in [6.07, 6.45) is 3.83. The van der Waals surface area contributed by atoms with Gasteiger partial charge in [0.1, 0.15) is 11.3 Å². The predicted molar refractivity (Wildman–Crippen MR) is 98.4 cm³/mol. The number of amides is 1. The summed E-state index contributed by atoms with van der Waals surface area (Å²) in [6, 6.07) is 5.70. The molecule has 0 bridgehead atoms. The van der Waals surface area contributed by atoms with Gasteiger partial charge in [-0.2, -0.15) is 17.5 Å². The van der Waals surface area contributed by atoms with Crippen molar-refractivity contribution in [1.29, 1.82) is 0 Å². The van der Waals surface area contributed by atoms with Crippen molar-refractivity contribution in [3.63, 3.8) is 0 Å². The molecule has 7 nitrogen and oxygen atoms in total. The highest BCUT2D eigenvalue weighted by Gasteiger charge is 2.50. The van der Waals surface area contributed by atoms with E-state index in [-0.39, 0.29) is 24.9 Å². The van der Waals surface area contributed by atoms with Crippen LogP contribution in [0.1, 0.15) is 41.9 Å². The maximum absolute atomic E-state index is 12.7. The molecule has 0 aromatic carbocycles. The molecular weight excluding hydrogens is 409 g/mol. The predicted octanol–water partition coefficient (Wildman–Crippen LogP) is 2.63. The molecule has 0 unspecified atom stereocenters. The second-order valence-corrected chi connectivity index (χ2v) is 9.45. The first-order chi connectivity index (χ1) is 13.7. The minimum Gasteiger partial charge on any atom is -0.331 e. The number of pyridine rings is 1. The third-order valence-corrected chi connectivity index (χ3v) is 7.35. The lowest BCUT2D eigenvalue weighted by molar-refractivity contribution is -0.0497. The van der Waals surface area contributed by atoms with Crippen molar-refractivity contribution in [2.45, 2.75) is 37.7 Å². The monoisotopic (exact) mass is 430 g/mol. The van der Waals surface area contributed by atoms with Crippen molar-refractivity contribution in [2.75, 3.05) is 19.6 Å². The summed E-state index contributed by atoms with van der Waals surface area (Å²) in [5.74, 6) is 0.0748. The van der Waals surface area contributed by atoms with E-state index >= 15 is 0 Å². The molecule has 0 saturated carbocycles. The summed E-state index contributed by atoms with van der Waals surface area (Å²) < 4.78 is 63.3. The zero-order chi connectivity index (χ0) is 20.8. The maximum Gasteiger partial charge on any atom is 0.511 e. The molecule has 4 rings (SSSR count). The lowest BCUT2D eigenvalue weighted by Crippen LogP contribution is -2.45. The van der Waals surface area contributed by atoms with E-state index in [9.17, 15) is 26.4 Å². The number of alkyl halides is 3. The molecule has 1 fully saturated rings. The third-order valence-electron chi connectivity index (χ3n) is 5.72. The van der Waals surface area contributed by atoms with Gasteiger partial charge in [-0.15, -0.1) is 0 Å². The Morgan fingerprint density at radius 2 is 1.90 bits per heavy atom. The number of sulfonamides is 1. The van der Waals surface area contributed by atoms with Crippen LogP contribution in [0.4, 0.5) is 13.2 Å². The minimum absolute atomic E-state index is 0.0812. The van der Waals surface area contributed by atoms with Crippen molar-refractivity contribution >= 4 is 21.6 Å². The van der Waals surface area contributed by atoms with Crippen molar-refractivity contribution in [1.82, 2.24) is 18.6 Å². The number of imidazole rings is 1. The zero-order valence-corrected chi connectivity index (χ0v) is 16.4. The van der Waals surface area contributed by atoms with E-state index in [4.69, 9.17) is 0 Å². The number of aromatic nitrogens is 2. The molecule has 0 aliphatic carbocycles. The Morgan fingerprint density at radius 3 is 2.59 bits per heavy atom. The van der Waals surface area contributed by atoms with Gasteiger partial charge in [0.25, 0.3) is 5.91 Å². The highest BCUT2D eigenvalue weighted by atomic mass is 32.2. The van der Waals surface area contributed by atoms with Gasteiger partial charge in [-0.25, -0.2) is 13.4 Å². The number of piperidine rings is 1. The number of carbonyl (C=O) groups excluding carboxylic acids is 1. The first-order valence-corrected chi connectivity index (χ1v) is 10.9. The number of rotatable bonds is 5. The molecule has 1 saturated heterocycles. The molecule has 29 heavy (non-hydrogen) atoms. The zero-order valence-electron chi connectivity index (χ0n) is 15.6. The molecule has 2 aromatic heterocycles. The molecule has 0 N–H and O–H groups in total. The van der Waals surface area contributed by atoms with Crippen molar-refractivity contribution in [3.8, 4) is 0 Å². The molecular formula is C18H21F3N4O3S. The van der Waals surface area contributed by atoms with Gasteiger partial charge in [0.05, 0.1) is 12.7 Å². The molecule has 0 spiro atoms. The van der Waals surface area contributed by atoms with E-state index in [0.717, 1.165) is 17.8 Å². The van der Waals surface area contributed by atoms with Crippen LogP contribution in [0.3, 0.4) is 0 Å². The summed E-state index contributed by atoms with van der Waals surface area (Å²) >= 11 is 0. The van der Waals surface area contributed by atoms with Crippen LogP contribution in [0, 0.1) is 5.92 Å². The van der Waals surface area contributed by atoms with Gasteiger partial charge in [-0.3, -0.25) is 9.20 Å². The maximum atomic E-state index is 12.7. The molecule has 2 aliphatic rings. The summed E-state index contributed by atoms with van der Waals surface area (Å²) in [7, 11) is -5.24. The fourth-order valence-electron chi connectivity index (χ4n) is 4.15. The smallest absolute Gasteiger partial charge is 0.331 e. The second kappa shape index (κ2) is 7.28. The van der Waals surface area contributed by atoms with Crippen molar-refractivity contribution in [3.05, 3.63) is 35.8 Å². The lowest BCUT2D eigenvalue weighted by atomic mass is 9.93. The van der Waals surface area contributed by atoms with Crippen LogP contribution in [0.2, 0.25) is 0 Å². The average Bonchev–Trinajstić information content (AvgIpc) is 3.11. The van der Waals surface area contributed by atoms with Gasteiger partial charge in [-0.05, 0) is 43.7 Å². The average molecular weight is 430 g/mol. The number of hydrogen-bond acceptors (Lipinski definition) is 4. The Kier molecular flexibility index (Phi) is 5.06. The van der Waals surface area contributed by atoms with Crippen LogP contribution in [0.15, 0.2) is 24.4 Å². The van der Waals surface area contributed by atoms with Crippen LogP contribution in [0.5, 0.6) is 0 Å². The Bertz CT molecular complexity index is 1030. The Hall–Kier alpha value is -2.14. The lowest BCUT2D eigenvalue weighted by Gasteiger charge is -2.32. The Labute approximate surface area is 166 Å². The first-order valence-electron chi connectivity index (χ1n) is 9.49. The largest absolute Gasteiger partial charge is 0.511 e. The minimum atomic E-state index is -5.25. The molecule has 4 heterocycles.